The van der Waals surface area contributed by atoms with Crippen LogP contribution in [0.4, 0.5) is 0 Å². The summed E-state index contributed by atoms with van der Waals surface area (Å²) in [6, 6.07) is 11.6. The second-order valence-corrected chi connectivity index (χ2v) is 5.16. The van der Waals surface area contributed by atoms with Crippen molar-refractivity contribution in [1.29, 1.82) is 0 Å². The zero-order chi connectivity index (χ0) is 17.1. The van der Waals surface area contributed by atoms with Crippen LogP contribution < -0.4 is 14.2 Å². The summed E-state index contributed by atoms with van der Waals surface area (Å²) in [5, 5.41) is 12.0. The van der Waals surface area contributed by atoms with Crippen LogP contribution >= 0.6 is 0 Å². The summed E-state index contributed by atoms with van der Waals surface area (Å²) in [6.07, 6.45) is 0. The van der Waals surface area contributed by atoms with E-state index in [1.54, 1.807) is 38.1 Å². The molecule has 2 aromatic carbocycles. The van der Waals surface area contributed by atoms with Gasteiger partial charge in [-0.05, 0) is 17.4 Å². The van der Waals surface area contributed by atoms with E-state index >= 15 is 0 Å². The monoisotopic (exact) mass is 326 g/mol. The van der Waals surface area contributed by atoms with Gasteiger partial charge >= 0.3 is 0 Å². The highest BCUT2D eigenvalue weighted by molar-refractivity contribution is 5.62. The molecule has 0 saturated carbocycles. The van der Waals surface area contributed by atoms with Crippen molar-refractivity contribution in [1.82, 2.24) is 20.2 Å². The number of aryl methyl sites for hydroxylation is 1. The fourth-order valence-electron chi connectivity index (χ4n) is 2.43. The molecule has 3 aromatic rings. The van der Waals surface area contributed by atoms with Crippen LogP contribution in [0.15, 0.2) is 36.4 Å². The van der Waals surface area contributed by atoms with Crippen LogP contribution in [0, 0.1) is 6.92 Å². The smallest absolute Gasteiger partial charge is 0.203 e. The van der Waals surface area contributed by atoms with Crippen LogP contribution in [0.25, 0.3) is 17.1 Å². The molecule has 1 heterocycles. The molecular weight excluding hydrogens is 308 g/mol. The Morgan fingerprint density at radius 3 is 2.04 bits per heavy atom. The molecule has 7 heteroatoms. The first-order valence-corrected chi connectivity index (χ1v) is 7.33. The van der Waals surface area contributed by atoms with Gasteiger partial charge in [0, 0.05) is 17.7 Å². The van der Waals surface area contributed by atoms with E-state index < -0.39 is 0 Å². The van der Waals surface area contributed by atoms with Gasteiger partial charge in [0.15, 0.2) is 17.3 Å². The summed E-state index contributed by atoms with van der Waals surface area (Å²) in [7, 11) is 4.71. The van der Waals surface area contributed by atoms with Crippen molar-refractivity contribution in [3.05, 3.63) is 42.0 Å². The van der Waals surface area contributed by atoms with Crippen LogP contribution in [-0.4, -0.2) is 41.5 Å². The average molecular weight is 326 g/mol. The second-order valence-electron chi connectivity index (χ2n) is 5.16. The van der Waals surface area contributed by atoms with Gasteiger partial charge in [-0.15, -0.1) is 5.10 Å². The quantitative estimate of drug-likeness (QED) is 0.718. The first kappa shape index (κ1) is 15.8. The Bertz CT molecular complexity index is 818. The summed E-state index contributed by atoms with van der Waals surface area (Å²) in [6.45, 7) is 2.03. The van der Waals surface area contributed by atoms with Crippen molar-refractivity contribution >= 4 is 0 Å². The minimum Gasteiger partial charge on any atom is -0.493 e. The summed E-state index contributed by atoms with van der Waals surface area (Å²) in [5.74, 6) is 2.23. The lowest BCUT2D eigenvalue weighted by molar-refractivity contribution is 0.324. The maximum atomic E-state index is 5.39. The van der Waals surface area contributed by atoms with Gasteiger partial charge in [-0.2, -0.15) is 4.68 Å². The third-order valence-electron chi connectivity index (χ3n) is 3.67. The van der Waals surface area contributed by atoms with E-state index in [1.165, 1.54) is 5.56 Å². The lowest BCUT2D eigenvalue weighted by atomic mass is 10.1. The molecule has 7 nitrogen and oxygen atoms in total. The zero-order valence-electron chi connectivity index (χ0n) is 14.0. The van der Waals surface area contributed by atoms with Crippen molar-refractivity contribution in [3.8, 4) is 34.3 Å². The maximum absolute atomic E-state index is 5.39. The van der Waals surface area contributed by atoms with E-state index in [2.05, 4.69) is 15.5 Å². The first-order valence-electron chi connectivity index (χ1n) is 7.33. The van der Waals surface area contributed by atoms with Crippen LogP contribution in [0.3, 0.4) is 0 Å². The summed E-state index contributed by atoms with van der Waals surface area (Å²) in [4.78, 5) is 0. The molecule has 3 rings (SSSR count). The molecule has 0 bridgehead atoms. The van der Waals surface area contributed by atoms with Crippen molar-refractivity contribution in [3.63, 3.8) is 0 Å². The molecule has 1 aromatic heterocycles. The van der Waals surface area contributed by atoms with E-state index in [1.807, 2.05) is 31.2 Å². The van der Waals surface area contributed by atoms with Gasteiger partial charge in [0.25, 0.3) is 0 Å². The van der Waals surface area contributed by atoms with Gasteiger partial charge in [0.2, 0.25) is 5.75 Å². The minimum absolute atomic E-state index is 0.522. The van der Waals surface area contributed by atoms with Crippen molar-refractivity contribution in [2.24, 2.45) is 0 Å². The Hall–Kier alpha value is -3.09. The molecular formula is C17H18N4O3. The molecule has 0 atom stereocenters. The van der Waals surface area contributed by atoms with E-state index in [0.29, 0.717) is 28.8 Å². The number of benzene rings is 2. The minimum atomic E-state index is 0.522. The highest BCUT2D eigenvalue weighted by atomic mass is 16.5. The molecule has 0 fully saturated rings. The number of hydrogen-bond acceptors (Lipinski definition) is 6. The van der Waals surface area contributed by atoms with Crippen LogP contribution in [0.5, 0.6) is 17.2 Å². The van der Waals surface area contributed by atoms with E-state index in [9.17, 15) is 0 Å². The second kappa shape index (κ2) is 6.57. The summed E-state index contributed by atoms with van der Waals surface area (Å²) in [5.41, 5.74) is 2.80. The molecule has 0 amide bonds. The van der Waals surface area contributed by atoms with E-state index in [0.717, 1.165) is 5.56 Å². The van der Waals surface area contributed by atoms with Crippen LogP contribution in [0.1, 0.15) is 5.56 Å². The third-order valence-corrected chi connectivity index (χ3v) is 3.67. The largest absolute Gasteiger partial charge is 0.493 e. The van der Waals surface area contributed by atoms with Gasteiger partial charge in [0.05, 0.1) is 27.0 Å². The van der Waals surface area contributed by atoms with Gasteiger partial charge in [0.1, 0.15) is 0 Å². The standard InChI is InChI=1S/C17H18N4O3/c1-11-5-7-12(8-6-11)17-18-19-20-21(17)13-9-14(22-2)16(24-4)15(10-13)23-3/h5-10H,1-4H3. The molecule has 0 unspecified atom stereocenters. The number of ether oxygens (including phenoxy) is 3. The number of methoxy groups -OCH3 is 3. The molecule has 124 valence electrons. The molecule has 0 N–H and O–H groups in total. The van der Waals surface area contributed by atoms with Crippen molar-refractivity contribution in [2.75, 3.05) is 21.3 Å². The van der Waals surface area contributed by atoms with Crippen LogP contribution in [0.2, 0.25) is 0 Å². The Balaban J connectivity index is 2.14. The van der Waals surface area contributed by atoms with Crippen LogP contribution in [-0.2, 0) is 0 Å². The number of aromatic nitrogens is 4. The Labute approximate surface area is 139 Å². The van der Waals surface area contributed by atoms with E-state index in [4.69, 9.17) is 14.2 Å². The molecule has 0 aliphatic carbocycles. The van der Waals surface area contributed by atoms with Gasteiger partial charge in [-0.1, -0.05) is 29.8 Å². The zero-order valence-corrected chi connectivity index (χ0v) is 14.0. The SMILES string of the molecule is COc1cc(-n2nnnc2-c2ccc(C)cc2)cc(OC)c1OC. The Kier molecular flexibility index (Phi) is 4.33. The van der Waals surface area contributed by atoms with E-state index in [-0.39, 0.29) is 0 Å². The highest BCUT2D eigenvalue weighted by Crippen LogP contribution is 2.39. The molecule has 0 aliphatic heterocycles. The first-order chi connectivity index (χ1) is 11.7. The molecule has 0 spiro atoms. The molecule has 0 radical (unpaired) electrons. The molecule has 24 heavy (non-hydrogen) atoms. The average Bonchev–Trinajstić information content (AvgIpc) is 3.10. The highest BCUT2D eigenvalue weighted by Gasteiger charge is 2.17. The van der Waals surface area contributed by atoms with Crippen molar-refractivity contribution in [2.45, 2.75) is 6.92 Å². The summed E-state index contributed by atoms with van der Waals surface area (Å²) >= 11 is 0. The number of hydrogen-bond donors (Lipinski definition) is 0. The lowest BCUT2D eigenvalue weighted by Crippen LogP contribution is -2.03. The molecule has 0 aliphatic rings. The number of rotatable bonds is 5. The Morgan fingerprint density at radius 1 is 0.875 bits per heavy atom. The normalized spacial score (nSPS) is 10.5. The van der Waals surface area contributed by atoms with Gasteiger partial charge < -0.3 is 14.2 Å². The fourth-order valence-corrected chi connectivity index (χ4v) is 2.43. The number of tetrazole rings is 1. The van der Waals surface area contributed by atoms with Gasteiger partial charge in [-0.3, -0.25) is 0 Å². The fraction of sp³-hybridized carbons (Fsp3) is 0.235. The predicted octanol–water partition coefficient (Wildman–Crippen LogP) is 2.66. The maximum Gasteiger partial charge on any atom is 0.203 e. The van der Waals surface area contributed by atoms with Gasteiger partial charge in [-0.25, -0.2) is 0 Å². The molecule has 0 saturated heterocycles. The number of nitrogens with zero attached hydrogens (tertiary/aromatic N) is 4. The lowest BCUT2D eigenvalue weighted by Gasteiger charge is -2.14. The third kappa shape index (κ3) is 2.76. The topological polar surface area (TPSA) is 71.3 Å². The summed E-state index contributed by atoms with van der Waals surface area (Å²) < 4.78 is 17.8. The Morgan fingerprint density at radius 2 is 1.50 bits per heavy atom. The predicted molar refractivity (Wildman–Crippen MR) is 89.0 cm³/mol. The van der Waals surface area contributed by atoms with Crippen molar-refractivity contribution < 1.29 is 14.2 Å².